The van der Waals surface area contributed by atoms with E-state index >= 15 is 0 Å². The fourth-order valence-electron chi connectivity index (χ4n) is 4.55. The highest BCUT2D eigenvalue weighted by Crippen LogP contribution is 2.43. The second kappa shape index (κ2) is 8.41. The molecule has 29 heavy (non-hydrogen) atoms. The molecule has 2 aromatic rings. The first kappa shape index (κ1) is 19.7. The molecule has 0 amide bonds. The molecule has 0 radical (unpaired) electrons. The molecule has 1 heterocycles. The lowest BCUT2D eigenvalue weighted by Crippen LogP contribution is -2.20. The Labute approximate surface area is 175 Å². The van der Waals surface area contributed by atoms with Crippen LogP contribution in [0.2, 0.25) is 0 Å². The van der Waals surface area contributed by atoms with Crippen molar-refractivity contribution in [2.75, 3.05) is 0 Å². The molecular weight excluding hydrogens is 352 g/mol. The van der Waals surface area contributed by atoms with Crippen molar-refractivity contribution in [3.8, 4) is 11.4 Å². The Bertz CT molecular complexity index is 981. The fourth-order valence-corrected chi connectivity index (χ4v) is 4.55. The van der Waals surface area contributed by atoms with Crippen LogP contribution < -0.4 is 0 Å². The molecule has 2 nitrogen and oxygen atoms in total. The van der Waals surface area contributed by atoms with Crippen LogP contribution in [-0.4, -0.2) is 9.55 Å². The van der Waals surface area contributed by atoms with Crippen LogP contribution >= 0.6 is 0 Å². The van der Waals surface area contributed by atoms with E-state index in [1.807, 2.05) is 6.20 Å². The van der Waals surface area contributed by atoms with Gasteiger partial charge in [-0.2, -0.15) is 0 Å². The lowest BCUT2D eigenvalue weighted by Gasteiger charge is -2.33. The van der Waals surface area contributed by atoms with Crippen molar-refractivity contribution in [2.24, 2.45) is 17.8 Å². The smallest absolute Gasteiger partial charge is 0.144 e. The minimum atomic E-state index is 0.459. The molecule has 2 heteroatoms. The summed E-state index contributed by atoms with van der Waals surface area (Å²) in [6.07, 6.45) is 17.1. The van der Waals surface area contributed by atoms with Crippen LogP contribution in [0.5, 0.6) is 0 Å². The lowest BCUT2D eigenvalue weighted by atomic mass is 9.76. The Morgan fingerprint density at radius 3 is 2.45 bits per heavy atom. The summed E-state index contributed by atoms with van der Waals surface area (Å²) >= 11 is 0. The van der Waals surface area contributed by atoms with Crippen molar-refractivity contribution in [1.82, 2.24) is 9.55 Å². The van der Waals surface area contributed by atoms with Gasteiger partial charge in [-0.05, 0) is 47.8 Å². The molecular formula is C27H32N2. The molecule has 0 saturated heterocycles. The van der Waals surface area contributed by atoms with E-state index in [2.05, 4.69) is 93.1 Å². The molecule has 0 N–H and O–H groups in total. The number of benzene rings is 1. The first-order valence-electron chi connectivity index (χ1n) is 11.0. The van der Waals surface area contributed by atoms with Crippen LogP contribution in [0.25, 0.3) is 17.1 Å². The van der Waals surface area contributed by atoms with Crippen molar-refractivity contribution < 1.29 is 0 Å². The van der Waals surface area contributed by atoms with Gasteiger partial charge in [0.05, 0.1) is 0 Å². The van der Waals surface area contributed by atoms with E-state index < -0.39 is 0 Å². The topological polar surface area (TPSA) is 17.8 Å². The molecule has 0 fully saturated rings. The fraction of sp³-hybridized carbons (Fsp3) is 0.370. The summed E-state index contributed by atoms with van der Waals surface area (Å²) in [5, 5.41) is 0. The Morgan fingerprint density at radius 1 is 1.00 bits per heavy atom. The second-order valence-corrected chi connectivity index (χ2v) is 8.79. The Kier molecular flexibility index (Phi) is 5.71. The highest BCUT2D eigenvalue weighted by atomic mass is 15.1. The number of rotatable bonds is 5. The number of hydrogen-bond donors (Lipinski definition) is 0. The molecule has 1 aromatic heterocycles. The average molecular weight is 385 g/mol. The molecule has 1 unspecified atom stereocenters. The number of hydrogen-bond acceptors (Lipinski definition) is 1. The summed E-state index contributed by atoms with van der Waals surface area (Å²) in [5.74, 6) is 2.46. The van der Waals surface area contributed by atoms with Crippen LogP contribution in [0.3, 0.4) is 0 Å². The van der Waals surface area contributed by atoms with Gasteiger partial charge in [0.15, 0.2) is 0 Å². The quantitative estimate of drug-likeness (QED) is 0.529. The second-order valence-electron chi connectivity index (χ2n) is 8.79. The minimum Gasteiger partial charge on any atom is -0.300 e. The van der Waals surface area contributed by atoms with Crippen molar-refractivity contribution >= 4 is 5.70 Å². The Balaban J connectivity index is 1.85. The van der Waals surface area contributed by atoms with Gasteiger partial charge in [-0.25, -0.2) is 4.98 Å². The van der Waals surface area contributed by atoms with Gasteiger partial charge in [-0.1, -0.05) is 82.3 Å². The zero-order valence-corrected chi connectivity index (χ0v) is 18.1. The van der Waals surface area contributed by atoms with Crippen molar-refractivity contribution in [3.63, 3.8) is 0 Å². The van der Waals surface area contributed by atoms with Gasteiger partial charge >= 0.3 is 0 Å². The first-order valence-corrected chi connectivity index (χ1v) is 11.0. The summed E-state index contributed by atoms with van der Waals surface area (Å²) in [4.78, 5) is 4.74. The summed E-state index contributed by atoms with van der Waals surface area (Å²) in [7, 11) is 0. The maximum absolute atomic E-state index is 4.74. The summed E-state index contributed by atoms with van der Waals surface area (Å²) in [5.41, 5.74) is 7.00. The molecule has 1 aromatic carbocycles. The van der Waals surface area contributed by atoms with Gasteiger partial charge in [0.25, 0.3) is 0 Å². The molecule has 4 rings (SSSR count). The minimum absolute atomic E-state index is 0.459. The normalized spacial score (nSPS) is 19.7. The van der Waals surface area contributed by atoms with E-state index in [9.17, 15) is 0 Å². The summed E-state index contributed by atoms with van der Waals surface area (Å²) < 4.78 is 2.33. The standard InChI is InChI=1S/C27H32N2/c1-19(2)24-17-23(21-11-7-5-8-12-21)18-25(20(3)4)26(24)29-16-15-28-27(29)22-13-9-6-10-14-22/h6-7,9-17,19-20,23H,5,8,18H2,1-4H3. The Hall–Kier alpha value is -2.61. The van der Waals surface area contributed by atoms with Gasteiger partial charge in [0.1, 0.15) is 5.82 Å². The van der Waals surface area contributed by atoms with Gasteiger partial charge in [0.2, 0.25) is 0 Å². The van der Waals surface area contributed by atoms with Crippen molar-refractivity contribution in [2.45, 2.75) is 47.0 Å². The number of nitrogens with zero attached hydrogens (tertiary/aromatic N) is 2. The third kappa shape index (κ3) is 3.94. The van der Waals surface area contributed by atoms with Crippen LogP contribution in [-0.2, 0) is 0 Å². The predicted octanol–water partition coefficient (Wildman–Crippen LogP) is 7.30. The maximum atomic E-state index is 4.74. The largest absolute Gasteiger partial charge is 0.300 e. The lowest BCUT2D eigenvalue weighted by molar-refractivity contribution is 0.618. The van der Waals surface area contributed by atoms with Gasteiger partial charge in [0, 0.05) is 29.6 Å². The first-order chi connectivity index (χ1) is 14.1. The molecule has 0 bridgehead atoms. The highest BCUT2D eigenvalue weighted by molar-refractivity contribution is 5.75. The van der Waals surface area contributed by atoms with Crippen LogP contribution in [0.15, 0.2) is 83.7 Å². The van der Waals surface area contributed by atoms with Gasteiger partial charge in [-0.3, -0.25) is 4.57 Å². The van der Waals surface area contributed by atoms with E-state index in [4.69, 9.17) is 4.98 Å². The van der Waals surface area contributed by atoms with E-state index in [1.54, 1.807) is 0 Å². The average Bonchev–Trinajstić information content (AvgIpc) is 3.23. The predicted molar refractivity (Wildman–Crippen MR) is 123 cm³/mol. The van der Waals surface area contributed by atoms with Crippen LogP contribution in [0.4, 0.5) is 0 Å². The SMILES string of the molecule is CC(C)C1=CC(C2=CCCC=C2)CC(C(C)C)=C1n1ccnc1-c1ccccc1. The van der Waals surface area contributed by atoms with Crippen LogP contribution in [0.1, 0.15) is 47.0 Å². The highest BCUT2D eigenvalue weighted by Gasteiger charge is 2.29. The zero-order valence-electron chi connectivity index (χ0n) is 18.1. The molecule has 0 saturated carbocycles. The molecule has 150 valence electrons. The van der Waals surface area contributed by atoms with Gasteiger partial charge < -0.3 is 0 Å². The van der Waals surface area contributed by atoms with Crippen molar-refractivity contribution in [3.05, 3.63) is 83.7 Å². The molecule has 1 atom stereocenters. The number of allylic oxidation sites excluding steroid dienone is 8. The van der Waals surface area contributed by atoms with E-state index in [0.29, 0.717) is 17.8 Å². The molecule has 2 aliphatic rings. The maximum Gasteiger partial charge on any atom is 0.144 e. The molecule has 2 aliphatic carbocycles. The van der Waals surface area contributed by atoms with E-state index in [0.717, 1.165) is 17.8 Å². The van der Waals surface area contributed by atoms with E-state index in [1.165, 1.54) is 35.3 Å². The van der Waals surface area contributed by atoms with Crippen LogP contribution in [0, 0.1) is 17.8 Å². The van der Waals surface area contributed by atoms with Crippen molar-refractivity contribution in [1.29, 1.82) is 0 Å². The summed E-state index contributed by atoms with van der Waals surface area (Å²) in [6.45, 7) is 9.30. The Morgan fingerprint density at radius 2 is 1.79 bits per heavy atom. The van der Waals surface area contributed by atoms with E-state index in [-0.39, 0.29) is 0 Å². The summed E-state index contributed by atoms with van der Waals surface area (Å²) in [6, 6.07) is 10.5. The third-order valence-electron chi connectivity index (χ3n) is 6.08. The third-order valence-corrected chi connectivity index (χ3v) is 6.08. The monoisotopic (exact) mass is 384 g/mol. The molecule has 0 aliphatic heterocycles. The molecule has 0 spiro atoms. The zero-order chi connectivity index (χ0) is 20.4. The number of imidazole rings is 1. The van der Waals surface area contributed by atoms with Gasteiger partial charge in [-0.15, -0.1) is 0 Å². The number of aromatic nitrogens is 2.